The van der Waals surface area contributed by atoms with Crippen LogP contribution < -0.4 is 15.2 Å². The Morgan fingerprint density at radius 3 is 2.31 bits per heavy atom. The van der Waals surface area contributed by atoms with E-state index in [0.29, 0.717) is 6.54 Å². The average Bonchev–Trinajstić information content (AvgIpc) is 3.09. The molecule has 1 aromatic carbocycles. The van der Waals surface area contributed by atoms with Crippen LogP contribution in [-0.2, 0) is 5.41 Å². The molecule has 0 unspecified atom stereocenters. The maximum Gasteiger partial charge on any atom is 0.175 e. The first-order valence-electron chi connectivity index (χ1n) is 5.29. The number of hydrogen-bond acceptors (Lipinski definition) is 3. The monoisotopic (exact) mass is 285 g/mol. The molecule has 1 saturated carbocycles. The molecule has 1 aliphatic rings. The molecule has 16 heavy (non-hydrogen) atoms. The zero-order chi connectivity index (χ0) is 11.8. The van der Waals surface area contributed by atoms with E-state index in [1.54, 1.807) is 14.2 Å². The largest absolute Gasteiger partial charge is 0.493 e. The Balaban J connectivity index is 2.54. The van der Waals surface area contributed by atoms with Gasteiger partial charge in [0.15, 0.2) is 11.5 Å². The smallest absolute Gasteiger partial charge is 0.175 e. The molecule has 1 fully saturated rings. The molecule has 0 saturated heterocycles. The summed E-state index contributed by atoms with van der Waals surface area (Å²) in [5.41, 5.74) is 7.12. The third-order valence-electron chi connectivity index (χ3n) is 3.29. The minimum absolute atomic E-state index is 0.110. The molecule has 88 valence electrons. The Kier molecular flexibility index (Phi) is 3.13. The van der Waals surface area contributed by atoms with Gasteiger partial charge < -0.3 is 15.2 Å². The summed E-state index contributed by atoms with van der Waals surface area (Å²) < 4.78 is 11.7. The van der Waals surface area contributed by atoms with Gasteiger partial charge in [-0.05, 0) is 34.8 Å². The lowest BCUT2D eigenvalue weighted by molar-refractivity contribution is 0.347. The van der Waals surface area contributed by atoms with E-state index in [0.717, 1.165) is 34.4 Å². The van der Waals surface area contributed by atoms with Gasteiger partial charge in [-0.1, -0.05) is 6.07 Å². The number of ether oxygens (including phenoxy) is 2. The van der Waals surface area contributed by atoms with Crippen LogP contribution in [0, 0.1) is 0 Å². The topological polar surface area (TPSA) is 44.5 Å². The lowest BCUT2D eigenvalue weighted by atomic mass is 9.95. The van der Waals surface area contributed by atoms with E-state index < -0.39 is 0 Å². The Morgan fingerprint density at radius 1 is 1.25 bits per heavy atom. The van der Waals surface area contributed by atoms with Gasteiger partial charge in [-0.15, -0.1) is 0 Å². The lowest BCUT2D eigenvalue weighted by Gasteiger charge is -2.19. The molecule has 0 bridgehead atoms. The van der Waals surface area contributed by atoms with Crippen LogP contribution in [0.5, 0.6) is 11.5 Å². The van der Waals surface area contributed by atoms with E-state index in [1.807, 2.05) is 6.07 Å². The Labute approximate surface area is 104 Å². The number of hydrogen-bond donors (Lipinski definition) is 1. The van der Waals surface area contributed by atoms with Crippen molar-refractivity contribution in [1.82, 2.24) is 0 Å². The summed E-state index contributed by atoms with van der Waals surface area (Å²) in [5.74, 6) is 1.56. The van der Waals surface area contributed by atoms with Gasteiger partial charge in [0.25, 0.3) is 0 Å². The molecule has 4 heteroatoms. The summed E-state index contributed by atoms with van der Waals surface area (Å²) in [6.07, 6.45) is 2.26. The molecular weight excluding hydrogens is 270 g/mol. The normalized spacial score (nSPS) is 17.0. The van der Waals surface area contributed by atoms with Gasteiger partial charge >= 0.3 is 0 Å². The van der Waals surface area contributed by atoms with Gasteiger partial charge in [0.2, 0.25) is 0 Å². The van der Waals surface area contributed by atoms with Crippen molar-refractivity contribution >= 4 is 15.9 Å². The molecule has 1 aromatic rings. The van der Waals surface area contributed by atoms with Gasteiger partial charge in [-0.2, -0.15) is 0 Å². The first kappa shape index (κ1) is 11.7. The van der Waals surface area contributed by atoms with E-state index in [-0.39, 0.29) is 5.41 Å². The van der Waals surface area contributed by atoms with Crippen LogP contribution in [0.3, 0.4) is 0 Å². The van der Waals surface area contributed by atoms with Crippen molar-refractivity contribution in [3.8, 4) is 11.5 Å². The fourth-order valence-electron chi connectivity index (χ4n) is 2.08. The van der Waals surface area contributed by atoms with Crippen molar-refractivity contribution in [1.29, 1.82) is 0 Å². The van der Waals surface area contributed by atoms with Crippen molar-refractivity contribution in [2.75, 3.05) is 20.8 Å². The molecule has 2 N–H and O–H groups in total. The highest BCUT2D eigenvalue weighted by Crippen LogP contribution is 2.53. The van der Waals surface area contributed by atoms with Crippen LogP contribution in [0.4, 0.5) is 0 Å². The zero-order valence-electron chi connectivity index (χ0n) is 9.55. The molecule has 2 rings (SSSR count). The van der Waals surface area contributed by atoms with Crippen molar-refractivity contribution in [3.05, 3.63) is 22.2 Å². The Bertz CT molecular complexity index is 402. The van der Waals surface area contributed by atoms with Crippen LogP contribution in [0.15, 0.2) is 16.6 Å². The Morgan fingerprint density at radius 2 is 1.88 bits per heavy atom. The van der Waals surface area contributed by atoms with E-state index in [4.69, 9.17) is 15.2 Å². The highest BCUT2D eigenvalue weighted by atomic mass is 79.9. The number of rotatable bonds is 4. The minimum Gasteiger partial charge on any atom is -0.493 e. The van der Waals surface area contributed by atoms with Crippen molar-refractivity contribution < 1.29 is 9.47 Å². The molecule has 0 amide bonds. The van der Waals surface area contributed by atoms with Crippen molar-refractivity contribution in [2.24, 2.45) is 5.73 Å². The average molecular weight is 286 g/mol. The molecule has 0 radical (unpaired) electrons. The van der Waals surface area contributed by atoms with E-state index in [1.165, 1.54) is 0 Å². The third-order valence-corrected chi connectivity index (χ3v) is 3.91. The second-order valence-electron chi connectivity index (χ2n) is 4.15. The van der Waals surface area contributed by atoms with E-state index >= 15 is 0 Å². The highest BCUT2D eigenvalue weighted by Gasteiger charge is 2.45. The van der Waals surface area contributed by atoms with Gasteiger partial charge in [0, 0.05) is 17.5 Å². The predicted molar refractivity (Wildman–Crippen MR) is 67.2 cm³/mol. The fourth-order valence-corrected chi connectivity index (χ4v) is 2.56. The summed E-state index contributed by atoms with van der Waals surface area (Å²) in [4.78, 5) is 0. The maximum atomic E-state index is 5.85. The molecule has 0 heterocycles. The summed E-state index contributed by atoms with van der Waals surface area (Å²) in [7, 11) is 3.31. The number of halogens is 1. The van der Waals surface area contributed by atoms with Crippen LogP contribution >= 0.6 is 15.9 Å². The molecule has 1 aliphatic carbocycles. The summed E-state index contributed by atoms with van der Waals surface area (Å²) in [5, 5.41) is 0. The van der Waals surface area contributed by atoms with Crippen molar-refractivity contribution in [2.45, 2.75) is 18.3 Å². The maximum absolute atomic E-state index is 5.85. The predicted octanol–water partition coefficient (Wildman–Crippen LogP) is 2.46. The van der Waals surface area contributed by atoms with Gasteiger partial charge in [-0.25, -0.2) is 0 Å². The highest BCUT2D eigenvalue weighted by molar-refractivity contribution is 9.10. The van der Waals surface area contributed by atoms with Crippen molar-refractivity contribution in [3.63, 3.8) is 0 Å². The SMILES string of the molecule is COc1c(Br)ccc(C2(CN)CC2)c1OC. The molecule has 0 aromatic heterocycles. The van der Waals surface area contributed by atoms with Crippen LogP contribution in [0.2, 0.25) is 0 Å². The number of nitrogens with two attached hydrogens (primary N) is 1. The van der Waals surface area contributed by atoms with Crippen LogP contribution in [0.25, 0.3) is 0 Å². The summed E-state index contributed by atoms with van der Waals surface area (Å²) in [6.45, 7) is 0.661. The summed E-state index contributed by atoms with van der Waals surface area (Å²) in [6, 6.07) is 4.07. The van der Waals surface area contributed by atoms with Crippen LogP contribution in [-0.4, -0.2) is 20.8 Å². The number of methoxy groups -OCH3 is 2. The first-order chi connectivity index (χ1) is 7.68. The number of benzene rings is 1. The molecule has 0 atom stereocenters. The van der Waals surface area contributed by atoms with E-state index in [9.17, 15) is 0 Å². The molecular formula is C12H16BrNO2. The molecule has 0 spiro atoms. The second kappa shape index (κ2) is 4.26. The molecule has 0 aliphatic heterocycles. The minimum atomic E-state index is 0.110. The fraction of sp³-hybridized carbons (Fsp3) is 0.500. The third kappa shape index (κ3) is 1.70. The quantitative estimate of drug-likeness (QED) is 0.924. The summed E-state index contributed by atoms with van der Waals surface area (Å²) >= 11 is 3.46. The van der Waals surface area contributed by atoms with Gasteiger partial charge in [0.1, 0.15) is 0 Å². The van der Waals surface area contributed by atoms with Crippen LogP contribution in [0.1, 0.15) is 18.4 Å². The molecule has 3 nitrogen and oxygen atoms in total. The zero-order valence-corrected chi connectivity index (χ0v) is 11.1. The van der Waals surface area contributed by atoms with Gasteiger partial charge in [0.05, 0.1) is 18.7 Å². The van der Waals surface area contributed by atoms with E-state index in [2.05, 4.69) is 22.0 Å². The Hall–Kier alpha value is -0.740. The second-order valence-corrected chi connectivity index (χ2v) is 5.00. The lowest BCUT2D eigenvalue weighted by Crippen LogP contribution is -2.20. The standard InChI is InChI=1S/C12H16BrNO2/c1-15-10-8(12(7-14)5-6-12)3-4-9(13)11(10)16-2/h3-4H,5-7,14H2,1-2H3. The van der Waals surface area contributed by atoms with Gasteiger partial charge in [-0.3, -0.25) is 0 Å². The first-order valence-corrected chi connectivity index (χ1v) is 6.09.